The molecule has 0 aliphatic carbocycles. The van der Waals surface area contributed by atoms with E-state index in [0.29, 0.717) is 30.0 Å². The normalized spacial score (nSPS) is 12.8. The third-order valence-corrected chi connectivity index (χ3v) is 6.49. The number of unbranched alkanes of at least 4 members (excludes halogenated alkanes) is 1. The van der Waals surface area contributed by atoms with Gasteiger partial charge in [-0.25, -0.2) is 14.6 Å². The number of carboxylic acids is 1. The van der Waals surface area contributed by atoms with E-state index in [1.165, 1.54) is 5.56 Å². The first kappa shape index (κ1) is 28.4. The molecule has 5 N–H and O–H groups in total. The summed E-state index contributed by atoms with van der Waals surface area (Å²) >= 11 is 0. The third kappa shape index (κ3) is 9.00. The van der Waals surface area contributed by atoms with Crippen molar-refractivity contribution in [1.29, 1.82) is 0 Å². The lowest BCUT2D eigenvalue weighted by Crippen LogP contribution is -2.44. The van der Waals surface area contributed by atoms with Crippen LogP contribution in [0.3, 0.4) is 0 Å². The van der Waals surface area contributed by atoms with Crippen molar-refractivity contribution < 1.29 is 24.2 Å². The number of hydrogen-bond donors (Lipinski definition) is 5. The van der Waals surface area contributed by atoms with Crippen molar-refractivity contribution in [3.63, 3.8) is 0 Å². The number of ether oxygens (including phenoxy) is 1. The number of carbonyl (C=O) groups is 3. The number of aliphatic carboxylic acids is 1. The molecule has 3 aromatic rings. The number of urea groups is 1. The summed E-state index contributed by atoms with van der Waals surface area (Å²) in [7, 11) is 0. The van der Waals surface area contributed by atoms with Crippen LogP contribution in [0.1, 0.15) is 43.4 Å². The van der Waals surface area contributed by atoms with Crippen LogP contribution in [0.4, 0.5) is 16.3 Å². The highest BCUT2D eigenvalue weighted by Crippen LogP contribution is 2.23. The van der Waals surface area contributed by atoms with Gasteiger partial charge in [0.05, 0.1) is 0 Å². The molecule has 1 aromatic heterocycles. The number of benzene rings is 2. The third-order valence-electron chi connectivity index (χ3n) is 6.49. The van der Waals surface area contributed by atoms with Crippen molar-refractivity contribution in [1.82, 2.24) is 15.6 Å². The average Bonchev–Trinajstić information content (AvgIpc) is 2.96. The molecule has 3 amide bonds. The van der Waals surface area contributed by atoms with Gasteiger partial charge < -0.3 is 31.1 Å². The molecule has 0 radical (unpaired) electrons. The topological polar surface area (TPSA) is 142 Å². The van der Waals surface area contributed by atoms with Gasteiger partial charge in [0.1, 0.15) is 23.4 Å². The summed E-state index contributed by atoms with van der Waals surface area (Å²) in [5, 5.41) is 20.6. The van der Waals surface area contributed by atoms with Crippen LogP contribution < -0.4 is 26.0 Å². The second-order valence-corrected chi connectivity index (χ2v) is 9.62. The lowest BCUT2D eigenvalue weighted by atomic mass is 10.1. The monoisotopic (exact) mass is 545 g/mol. The Balaban J connectivity index is 1.12. The molecule has 2 aromatic carbocycles. The Bertz CT molecular complexity index is 1280. The number of aryl methyl sites for hydroxylation is 2. The van der Waals surface area contributed by atoms with Crippen LogP contribution in [0.5, 0.6) is 11.5 Å². The van der Waals surface area contributed by atoms with Gasteiger partial charge in [0.15, 0.2) is 0 Å². The van der Waals surface area contributed by atoms with Crippen LogP contribution >= 0.6 is 0 Å². The summed E-state index contributed by atoms with van der Waals surface area (Å²) in [6.45, 7) is 1.09. The first-order valence-corrected chi connectivity index (χ1v) is 13.6. The van der Waals surface area contributed by atoms with E-state index in [0.717, 1.165) is 43.7 Å². The Morgan fingerprint density at radius 2 is 1.75 bits per heavy atom. The van der Waals surface area contributed by atoms with Gasteiger partial charge >= 0.3 is 12.0 Å². The number of amides is 3. The highest BCUT2D eigenvalue weighted by atomic mass is 16.5. The van der Waals surface area contributed by atoms with Gasteiger partial charge in [-0.2, -0.15) is 0 Å². The predicted molar refractivity (Wildman–Crippen MR) is 153 cm³/mol. The zero-order valence-corrected chi connectivity index (χ0v) is 22.3. The van der Waals surface area contributed by atoms with Crippen molar-refractivity contribution >= 4 is 29.4 Å². The molecule has 10 heteroatoms. The second kappa shape index (κ2) is 14.5. The van der Waals surface area contributed by atoms with Gasteiger partial charge in [-0.15, -0.1) is 0 Å². The molecule has 40 heavy (non-hydrogen) atoms. The molecule has 10 nitrogen and oxygen atoms in total. The summed E-state index contributed by atoms with van der Waals surface area (Å²) in [5.74, 6) is 0.944. The molecule has 2 heterocycles. The van der Waals surface area contributed by atoms with Crippen LogP contribution in [0.25, 0.3) is 0 Å². The largest absolute Gasteiger partial charge is 0.480 e. The van der Waals surface area contributed by atoms with E-state index in [1.54, 1.807) is 24.3 Å². The number of carboxylic acid groups (broad SMARTS) is 1. The summed E-state index contributed by atoms with van der Waals surface area (Å²) in [4.78, 5) is 40.9. The highest BCUT2D eigenvalue weighted by molar-refractivity contribution is 5.92. The number of para-hydroxylation sites is 1. The fraction of sp³-hybridized carbons (Fsp3) is 0.333. The minimum atomic E-state index is -1.18. The molecule has 4 rings (SSSR count). The predicted octanol–water partition coefficient (Wildman–Crippen LogP) is 4.73. The quantitative estimate of drug-likeness (QED) is 0.196. The molecule has 210 valence electrons. The first-order valence-electron chi connectivity index (χ1n) is 13.6. The van der Waals surface area contributed by atoms with Gasteiger partial charge in [0.25, 0.3) is 0 Å². The molecule has 0 fully saturated rings. The molecule has 1 unspecified atom stereocenters. The number of rotatable bonds is 13. The van der Waals surface area contributed by atoms with Crippen molar-refractivity contribution in [2.75, 3.05) is 23.7 Å². The van der Waals surface area contributed by atoms with Crippen molar-refractivity contribution in [3.05, 3.63) is 78.0 Å². The first-order chi connectivity index (χ1) is 19.5. The Kier molecular flexibility index (Phi) is 10.3. The Morgan fingerprint density at radius 1 is 0.975 bits per heavy atom. The smallest absolute Gasteiger partial charge is 0.326 e. The zero-order valence-electron chi connectivity index (χ0n) is 22.3. The van der Waals surface area contributed by atoms with Gasteiger partial charge in [-0.05, 0) is 86.6 Å². The van der Waals surface area contributed by atoms with Crippen LogP contribution in [-0.2, 0) is 22.4 Å². The fourth-order valence-electron chi connectivity index (χ4n) is 4.36. The van der Waals surface area contributed by atoms with Gasteiger partial charge in [0.2, 0.25) is 5.91 Å². The molecule has 0 saturated heterocycles. The lowest BCUT2D eigenvalue weighted by Gasteiger charge is -2.17. The van der Waals surface area contributed by atoms with E-state index in [4.69, 9.17) is 4.74 Å². The maximum Gasteiger partial charge on any atom is 0.326 e. The van der Waals surface area contributed by atoms with E-state index >= 15 is 0 Å². The van der Waals surface area contributed by atoms with Crippen molar-refractivity contribution in [2.24, 2.45) is 0 Å². The molecule has 0 spiro atoms. The van der Waals surface area contributed by atoms with Crippen LogP contribution in [0.2, 0.25) is 0 Å². The van der Waals surface area contributed by atoms with Gasteiger partial charge in [-0.3, -0.25) is 4.79 Å². The minimum Gasteiger partial charge on any atom is -0.480 e. The summed E-state index contributed by atoms with van der Waals surface area (Å²) in [6.07, 6.45) is 4.92. The molecule has 1 atom stereocenters. The fourth-order valence-corrected chi connectivity index (χ4v) is 4.36. The number of hydrogen-bond acceptors (Lipinski definition) is 6. The summed E-state index contributed by atoms with van der Waals surface area (Å²) < 4.78 is 5.72. The Hall–Kier alpha value is -4.60. The molecular weight excluding hydrogens is 510 g/mol. The summed E-state index contributed by atoms with van der Waals surface area (Å²) in [6, 6.07) is 18.4. The molecule has 0 saturated carbocycles. The standard InChI is InChI=1S/C30H35N5O5/c36-27(11-5-4-8-22-13-12-21-7-6-19-32-28(21)33-22)31-20-18-26(29(37)38)35-30(39)34-23-14-16-25(17-15-23)40-24-9-2-1-3-10-24/h1-3,9-10,12-17,26H,4-8,11,18-20H2,(H,31,36)(H,32,33)(H,37,38)(H2,34,35,39). The van der Waals surface area contributed by atoms with E-state index in [1.807, 2.05) is 30.3 Å². The number of aromatic nitrogens is 1. The van der Waals surface area contributed by atoms with E-state index in [9.17, 15) is 19.5 Å². The number of anilines is 2. The van der Waals surface area contributed by atoms with Crippen molar-refractivity contribution in [3.8, 4) is 11.5 Å². The summed E-state index contributed by atoms with van der Waals surface area (Å²) in [5.41, 5.74) is 2.75. The Labute approximate surface area is 233 Å². The Morgan fingerprint density at radius 3 is 2.52 bits per heavy atom. The van der Waals surface area contributed by atoms with Crippen LogP contribution in [0, 0.1) is 0 Å². The van der Waals surface area contributed by atoms with E-state index < -0.39 is 18.0 Å². The highest BCUT2D eigenvalue weighted by Gasteiger charge is 2.20. The SMILES string of the molecule is O=C(CCCCc1ccc2c(n1)NCCC2)NCCC(NC(=O)Nc1ccc(Oc2ccccc2)cc1)C(=O)O. The van der Waals surface area contributed by atoms with Gasteiger partial charge in [0, 0.05) is 30.9 Å². The van der Waals surface area contributed by atoms with E-state index in [2.05, 4.69) is 38.4 Å². The number of nitrogens with one attached hydrogen (secondary N) is 4. The number of nitrogens with zero attached hydrogens (tertiary/aromatic N) is 1. The lowest BCUT2D eigenvalue weighted by molar-refractivity contribution is -0.139. The molecule has 0 bridgehead atoms. The maximum atomic E-state index is 12.4. The van der Waals surface area contributed by atoms with E-state index in [-0.39, 0.29) is 18.9 Å². The molecular formula is C30H35N5O5. The van der Waals surface area contributed by atoms with Gasteiger partial charge in [-0.1, -0.05) is 24.3 Å². The molecule has 1 aliphatic heterocycles. The minimum absolute atomic E-state index is 0.0599. The van der Waals surface area contributed by atoms with Crippen LogP contribution in [0.15, 0.2) is 66.7 Å². The second-order valence-electron chi connectivity index (χ2n) is 9.62. The molecule has 1 aliphatic rings. The van der Waals surface area contributed by atoms with Crippen molar-refractivity contribution in [2.45, 2.75) is 51.0 Å². The average molecular weight is 546 g/mol. The number of fused-ring (bicyclic) bond motifs is 1. The number of carbonyl (C=O) groups excluding carboxylic acids is 2. The number of pyridine rings is 1. The van der Waals surface area contributed by atoms with Crippen LogP contribution in [-0.4, -0.2) is 47.1 Å². The maximum absolute atomic E-state index is 12.4. The zero-order chi connectivity index (χ0) is 28.2.